The van der Waals surface area contributed by atoms with Gasteiger partial charge in [-0.05, 0) is 59.4 Å². The van der Waals surface area contributed by atoms with Crippen molar-refractivity contribution in [3.05, 3.63) is 53.9 Å². The van der Waals surface area contributed by atoms with E-state index in [9.17, 15) is 0 Å². The second kappa shape index (κ2) is 11.0. The van der Waals surface area contributed by atoms with E-state index in [-0.39, 0.29) is 0 Å². The first kappa shape index (κ1) is 23.0. The van der Waals surface area contributed by atoms with Crippen molar-refractivity contribution in [2.45, 2.75) is 26.7 Å². The van der Waals surface area contributed by atoms with Crippen LogP contribution < -0.4 is 11.5 Å². The van der Waals surface area contributed by atoms with Gasteiger partial charge < -0.3 is 11.5 Å². The molecule has 3 aromatic rings. The van der Waals surface area contributed by atoms with Crippen LogP contribution in [-0.2, 0) is 23.2 Å². The first-order valence-electron chi connectivity index (χ1n) is 8.29. The molecule has 0 amide bonds. The zero-order valence-electron chi connectivity index (χ0n) is 15.6. The lowest BCUT2D eigenvalue weighted by molar-refractivity contribution is 0.381. The number of aromatic nitrogens is 4. The van der Waals surface area contributed by atoms with Crippen LogP contribution >= 0.6 is 0 Å². The number of anilines is 2. The highest BCUT2D eigenvalue weighted by Crippen LogP contribution is 2.27. The molecule has 0 atom stereocenters. The van der Waals surface area contributed by atoms with Crippen molar-refractivity contribution < 1.29 is 17.5 Å². The summed E-state index contributed by atoms with van der Waals surface area (Å²) in [5.41, 5.74) is 18.4. The minimum atomic E-state index is -4.67. The van der Waals surface area contributed by atoms with Crippen LogP contribution in [0.5, 0.6) is 0 Å². The van der Waals surface area contributed by atoms with Crippen LogP contribution in [0.4, 0.5) is 11.4 Å². The predicted molar refractivity (Wildman–Crippen MR) is 108 cm³/mol. The summed E-state index contributed by atoms with van der Waals surface area (Å²) >= 11 is 0. The highest BCUT2D eigenvalue weighted by molar-refractivity contribution is 7.79. The number of hydrogen-bond acceptors (Lipinski definition) is 7. The molecule has 2 aromatic carbocycles. The van der Waals surface area contributed by atoms with E-state index in [1.165, 1.54) is 28.6 Å². The lowest BCUT2D eigenvalue weighted by Crippen LogP contribution is -1.95. The maximum atomic E-state index is 8.74. The quantitative estimate of drug-likeness (QED) is 0.320. The summed E-state index contributed by atoms with van der Waals surface area (Å²) in [5.74, 6) is 0. The number of nitrogens with two attached hydrogens (primary N) is 2. The summed E-state index contributed by atoms with van der Waals surface area (Å²) in [6, 6.07) is 12.4. The molecular formula is C17H24N6O4S. The third-order valence-electron chi connectivity index (χ3n) is 3.65. The molecule has 28 heavy (non-hydrogen) atoms. The number of nitrogens with zero attached hydrogens (tertiary/aromatic N) is 3. The molecule has 7 N–H and O–H groups in total. The second-order valence-electron chi connectivity index (χ2n) is 5.54. The Labute approximate surface area is 163 Å². The van der Waals surface area contributed by atoms with Crippen LogP contribution in [0.2, 0.25) is 0 Å². The third kappa shape index (κ3) is 8.58. The molecule has 3 rings (SSSR count). The van der Waals surface area contributed by atoms with E-state index in [0.717, 1.165) is 24.2 Å². The van der Waals surface area contributed by atoms with Gasteiger partial charge in [0.2, 0.25) is 0 Å². The van der Waals surface area contributed by atoms with Gasteiger partial charge in [0.15, 0.2) is 6.33 Å². The average molecular weight is 408 g/mol. The Hall–Kier alpha value is -3.02. The van der Waals surface area contributed by atoms with Gasteiger partial charge in [-0.1, -0.05) is 31.2 Å². The van der Waals surface area contributed by atoms with Crippen molar-refractivity contribution in [2.75, 3.05) is 11.5 Å². The number of nitrogen functional groups attached to an aromatic ring is 2. The Kier molecular flexibility index (Phi) is 9.02. The maximum absolute atomic E-state index is 8.74. The van der Waals surface area contributed by atoms with E-state index in [0.29, 0.717) is 0 Å². The van der Waals surface area contributed by atoms with Gasteiger partial charge in [-0.25, -0.2) is 0 Å². The summed E-state index contributed by atoms with van der Waals surface area (Å²) < 4.78 is 31.6. The Morgan fingerprint density at radius 1 is 0.929 bits per heavy atom. The fraction of sp³-hybridized carbons (Fsp3) is 0.235. The second-order valence-corrected chi connectivity index (χ2v) is 6.44. The van der Waals surface area contributed by atoms with Crippen molar-refractivity contribution in [1.29, 1.82) is 0 Å². The van der Waals surface area contributed by atoms with Crippen molar-refractivity contribution >= 4 is 21.8 Å². The Morgan fingerprint density at radius 3 is 1.61 bits per heavy atom. The summed E-state index contributed by atoms with van der Waals surface area (Å²) in [7, 11) is -4.67. The molecular weight excluding hydrogens is 384 g/mol. The number of rotatable bonds is 3. The first-order valence-corrected chi connectivity index (χ1v) is 9.68. The van der Waals surface area contributed by atoms with Gasteiger partial charge in [-0.2, -0.15) is 13.6 Å². The Morgan fingerprint density at radius 2 is 1.36 bits per heavy atom. The molecule has 0 aliphatic heterocycles. The van der Waals surface area contributed by atoms with Gasteiger partial charge in [-0.3, -0.25) is 9.11 Å². The molecule has 0 fully saturated rings. The van der Waals surface area contributed by atoms with E-state index in [1.54, 1.807) is 0 Å². The van der Waals surface area contributed by atoms with Gasteiger partial charge >= 0.3 is 10.4 Å². The van der Waals surface area contributed by atoms with Crippen LogP contribution in [0.1, 0.15) is 25.0 Å². The van der Waals surface area contributed by atoms with Crippen molar-refractivity contribution in [2.24, 2.45) is 0 Å². The monoisotopic (exact) mass is 408 g/mol. The fourth-order valence-corrected chi connectivity index (χ4v) is 2.31. The molecule has 11 heteroatoms. The van der Waals surface area contributed by atoms with Gasteiger partial charge in [0.1, 0.15) is 0 Å². The van der Waals surface area contributed by atoms with Gasteiger partial charge in [0, 0.05) is 11.4 Å². The summed E-state index contributed by atoms with van der Waals surface area (Å²) in [5, 5.41) is 12.2. The molecule has 152 valence electrons. The number of H-pyrrole nitrogens is 1. The molecule has 1 heterocycles. The van der Waals surface area contributed by atoms with E-state index in [4.69, 9.17) is 29.0 Å². The zero-order chi connectivity index (χ0) is 21.2. The highest BCUT2D eigenvalue weighted by Gasteiger charge is 2.04. The minimum Gasteiger partial charge on any atom is -0.399 e. The smallest absolute Gasteiger partial charge is 0.394 e. The van der Waals surface area contributed by atoms with Crippen LogP contribution in [-0.4, -0.2) is 38.1 Å². The van der Waals surface area contributed by atoms with Gasteiger partial charge in [0.05, 0.1) is 0 Å². The van der Waals surface area contributed by atoms with Crippen molar-refractivity contribution in [3.8, 4) is 11.1 Å². The molecule has 0 saturated carbocycles. The van der Waals surface area contributed by atoms with Gasteiger partial charge in [-0.15, -0.1) is 10.2 Å². The number of hydrogen-bond donors (Lipinski definition) is 5. The summed E-state index contributed by atoms with van der Waals surface area (Å²) in [4.78, 5) is 0. The van der Waals surface area contributed by atoms with E-state index in [1.807, 2.05) is 12.1 Å². The van der Waals surface area contributed by atoms with Crippen molar-refractivity contribution in [1.82, 2.24) is 20.6 Å². The molecule has 0 radical (unpaired) electrons. The largest absolute Gasteiger partial charge is 0.399 e. The lowest BCUT2D eigenvalue weighted by atomic mass is 9.98. The number of benzene rings is 2. The van der Waals surface area contributed by atoms with E-state index >= 15 is 0 Å². The number of nitrogens with one attached hydrogen (secondary N) is 1. The minimum absolute atomic E-state index is 0.868. The molecule has 0 spiro atoms. The zero-order valence-corrected chi connectivity index (χ0v) is 16.4. The van der Waals surface area contributed by atoms with E-state index in [2.05, 4.69) is 58.7 Å². The predicted octanol–water partition coefficient (Wildman–Crippen LogP) is 2.19. The molecule has 10 nitrogen and oxygen atoms in total. The topological polar surface area (TPSA) is 181 Å². The highest BCUT2D eigenvalue weighted by atomic mass is 32.3. The first-order chi connectivity index (χ1) is 13.2. The summed E-state index contributed by atoms with van der Waals surface area (Å²) in [6.45, 7) is 4.24. The van der Waals surface area contributed by atoms with Crippen LogP contribution in [0.15, 0.2) is 42.7 Å². The Balaban J connectivity index is 0.000000321. The lowest BCUT2D eigenvalue weighted by Gasteiger charge is -2.10. The van der Waals surface area contributed by atoms with Gasteiger partial charge in [0.25, 0.3) is 0 Å². The normalized spacial score (nSPS) is 10.3. The molecule has 0 aliphatic rings. The van der Waals surface area contributed by atoms with Crippen molar-refractivity contribution in [3.63, 3.8) is 0 Å². The van der Waals surface area contributed by atoms with Crippen LogP contribution in [0, 0.1) is 0 Å². The number of aryl methyl sites for hydroxylation is 2. The Bertz CT molecular complexity index is 885. The number of tetrazole rings is 1. The molecule has 0 bridgehead atoms. The SMILES string of the molecule is CCc1cc(-c2ccc(N)c(CC)c2)ccc1N.O=S(=O)(O)O.c1nn[nH]n1. The molecule has 0 saturated heterocycles. The molecule has 0 aliphatic carbocycles. The molecule has 0 unspecified atom stereocenters. The maximum Gasteiger partial charge on any atom is 0.394 e. The van der Waals surface area contributed by atoms with Crippen LogP contribution in [0.25, 0.3) is 11.1 Å². The standard InChI is InChI=1S/C16H20N2.CH2N4.H2O4S/c1-3-11-9-13(5-7-15(11)17)14-6-8-16(18)12(4-2)10-14;1-2-4-5-3-1;1-5(2,3)4/h5-10H,3-4,17-18H2,1-2H3;1H,(H,2,3,4,5);(H2,1,2,3,4). The average Bonchev–Trinajstić information content (AvgIpc) is 3.21. The number of aromatic amines is 1. The third-order valence-corrected chi connectivity index (χ3v) is 3.65. The van der Waals surface area contributed by atoms with Crippen LogP contribution in [0.3, 0.4) is 0 Å². The molecule has 1 aromatic heterocycles. The summed E-state index contributed by atoms with van der Waals surface area (Å²) in [6.07, 6.45) is 3.24. The fourth-order valence-electron chi connectivity index (χ4n) is 2.31. The van der Waals surface area contributed by atoms with E-state index < -0.39 is 10.4 Å².